The summed E-state index contributed by atoms with van der Waals surface area (Å²) in [6.45, 7) is 1.64. The maximum Gasteiger partial charge on any atom is 0.328 e. The van der Waals surface area contributed by atoms with E-state index in [2.05, 4.69) is 20.3 Å². The van der Waals surface area contributed by atoms with Gasteiger partial charge in [0.25, 0.3) is 11.8 Å². The summed E-state index contributed by atoms with van der Waals surface area (Å²) in [5.41, 5.74) is 7.91. The second-order valence-electron chi connectivity index (χ2n) is 7.82. The number of hydrogen-bond donors (Lipinski definition) is 3. The molecule has 176 valence electrons. The molecule has 0 aliphatic carbocycles. The van der Waals surface area contributed by atoms with Crippen LogP contribution in [0.5, 0.6) is 29.3 Å². The Kier molecular flexibility index (Phi) is 5.49. The summed E-state index contributed by atoms with van der Waals surface area (Å²) in [5.74, 6) is 1.33. The van der Waals surface area contributed by atoms with Crippen molar-refractivity contribution in [1.29, 1.82) is 5.41 Å². The molecule has 0 atom stereocenters. The van der Waals surface area contributed by atoms with Crippen molar-refractivity contribution in [2.24, 2.45) is 12.8 Å². The molecule has 11 heteroatoms. The lowest BCUT2D eigenvalue weighted by Crippen LogP contribution is -2.26. The van der Waals surface area contributed by atoms with Crippen molar-refractivity contribution in [2.45, 2.75) is 6.92 Å². The van der Waals surface area contributed by atoms with E-state index >= 15 is 0 Å². The first-order valence-corrected chi connectivity index (χ1v) is 10.6. The molecule has 5 rings (SSSR count). The zero-order valence-electron chi connectivity index (χ0n) is 18.9. The summed E-state index contributed by atoms with van der Waals surface area (Å²) in [6.07, 6.45) is 3.57. The van der Waals surface area contributed by atoms with Gasteiger partial charge >= 0.3 is 6.01 Å². The molecule has 1 aliphatic heterocycles. The van der Waals surface area contributed by atoms with Gasteiger partial charge in [-0.3, -0.25) is 10.2 Å². The molecule has 1 amide bonds. The van der Waals surface area contributed by atoms with Gasteiger partial charge in [-0.1, -0.05) is 24.3 Å². The van der Waals surface area contributed by atoms with Gasteiger partial charge in [0.05, 0.1) is 0 Å². The zero-order valence-corrected chi connectivity index (χ0v) is 18.9. The number of ether oxygens (including phenoxy) is 3. The van der Waals surface area contributed by atoms with Crippen LogP contribution in [-0.2, 0) is 11.8 Å². The Balaban J connectivity index is 1.52. The van der Waals surface area contributed by atoms with Gasteiger partial charge in [0, 0.05) is 30.6 Å². The predicted molar refractivity (Wildman–Crippen MR) is 127 cm³/mol. The number of hydrogen-bond acceptors (Lipinski definition) is 8. The van der Waals surface area contributed by atoms with Crippen molar-refractivity contribution in [3.63, 3.8) is 0 Å². The molecule has 0 radical (unpaired) electrons. The third kappa shape index (κ3) is 4.47. The molecule has 0 bridgehead atoms. The number of carbonyl (C=O) groups excluding carboxylic acids is 1. The number of fused-ring (bicyclic) bond motifs is 1. The number of nitrogen functional groups attached to an aromatic ring is 1. The monoisotopic (exact) mass is 471 g/mol. The van der Waals surface area contributed by atoms with Crippen LogP contribution in [0.4, 0.5) is 5.69 Å². The Labute approximate surface area is 200 Å². The number of amides is 1. The molecule has 0 saturated heterocycles. The van der Waals surface area contributed by atoms with Gasteiger partial charge in [0.1, 0.15) is 23.2 Å². The first-order chi connectivity index (χ1) is 16.9. The smallest absolute Gasteiger partial charge is 0.328 e. The fourth-order valence-electron chi connectivity index (χ4n) is 3.47. The number of benzene rings is 2. The zero-order chi connectivity index (χ0) is 24.5. The number of nitrogens with two attached hydrogens (primary N) is 1. The van der Waals surface area contributed by atoms with Crippen LogP contribution in [0.15, 0.2) is 54.9 Å². The second-order valence-corrected chi connectivity index (χ2v) is 7.82. The van der Waals surface area contributed by atoms with Crippen LogP contribution < -0.4 is 25.3 Å². The highest BCUT2D eigenvalue weighted by Crippen LogP contribution is 2.39. The highest BCUT2D eigenvalue weighted by Gasteiger charge is 2.26. The largest absolute Gasteiger partial charge is 0.466 e. The molecule has 4 N–H and O–H groups in total. The van der Waals surface area contributed by atoms with E-state index in [-0.39, 0.29) is 41.8 Å². The average Bonchev–Trinajstić information content (AvgIpc) is 3.27. The van der Waals surface area contributed by atoms with Crippen LogP contribution >= 0.6 is 0 Å². The summed E-state index contributed by atoms with van der Waals surface area (Å²) in [6, 6.07) is 12.4. The van der Waals surface area contributed by atoms with Gasteiger partial charge in [-0.2, -0.15) is 9.97 Å². The molecule has 2 aromatic carbocycles. The van der Waals surface area contributed by atoms with E-state index in [1.807, 2.05) is 42.9 Å². The Hall–Kier alpha value is -4.93. The summed E-state index contributed by atoms with van der Waals surface area (Å²) in [7, 11) is 1.90. The van der Waals surface area contributed by atoms with Gasteiger partial charge in [-0.15, -0.1) is 0 Å². The van der Waals surface area contributed by atoms with E-state index < -0.39 is 0 Å². The topological polar surface area (TPSA) is 150 Å². The lowest BCUT2D eigenvalue weighted by molar-refractivity contribution is -0.118. The van der Waals surface area contributed by atoms with E-state index in [4.69, 9.17) is 25.4 Å². The number of nitrogens with one attached hydrogen (secondary N) is 2. The van der Waals surface area contributed by atoms with Gasteiger partial charge in [0.2, 0.25) is 5.88 Å². The van der Waals surface area contributed by atoms with Crippen LogP contribution in [0.3, 0.4) is 0 Å². The van der Waals surface area contributed by atoms with E-state index in [0.717, 1.165) is 17.0 Å². The number of aryl methyl sites for hydroxylation is 2. The molecule has 0 unspecified atom stereocenters. The van der Waals surface area contributed by atoms with Gasteiger partial charge in [-0.05, 0) is 30.7 Å². The SMILES string of the molecule is Cc1ccc(C(=N)N)cc1Oc1nc(Oc2cccc(-c3nccn3C)c2)nc2c1NC(=O)CO2. The maximum absolute atomic E-state index is 12.0. The minimum atomic E-state index is -0.364. The van der Waals surface area contributed by atoms with Crippen molar-refractivity contribution in [1.82, 2.24) is 19.5 Å². The molecule has 0 spiro atoms. The first-order valence-electron chi connectivity index (χ1n) is 10.6. The van der Waals surface area contributed by atoms with Crippen LogP contribution in [-0.4, -0.2) is 37.9 Å². The third-order valence-electron chi connectivity index (χ3n) is 5.25. The summed E-state index contributed by atoms with van der Waals surface area (Å²) in [4.78, 5) is 25.0. The Morgan fingerprint density at radius 1 is 1.20 bits per heavy atom. The van der Waals surface area contributed by atoms with E-state index in [0.29, 0.717) is 17.1 Å². The molecule has 35 heavy (non-hydrogen) atoms. The molecule has 11 nitrogen and oxygen atoms in total. The fraction of sp³-hybridized carbons (Fsp3) is 0.125. The highest BCUT2D eigenvalue weighted by molar-refractivity contribution is 5.97. The Morgan fingerprint density at radius 2 is 2.06 bits per heavy atom. The lowest BCUT2D eigenvalue weighted by atomic mass is 10.1. The number of aromatic nitrogens is 4. The van der Waals surface area contributed by atoms with E-state index in [9.17, 15) is 4.79 Å². The molecule has 0 fully saturated rings. The van der Waals surface area contributed by atoms with Crippen LogP contribution in [0.2, 0.25) is 0 Å². The number of nitrogens with zero attached hydrogens (tertiary/aromatic N) is 4. The number of carbonyl (C=O) groups is 1. The quantitative estimate of drug-likeness (QED) is 0.286. The summed E-state index contributed by atoms with van der Waals surface area (Å²) in [5, 5.41) is 10.4. The molecule has 3 heterocycles. The van der Waals surface area contributed by atoms with Gasteiger partial charge < -0.3 is 29.8 Å². The fourth-order valence-corrected chi connectivity index (χ4v) is 3.47. The van der Waals surface area contributed by atoms with Crippen molar-refractivity contribution < 1.29 is 19.0 Å². The number of imidazole rings is 1. The van der Waals surface area contributed by atoms with Gasteiger partial charge in [0.15, 0.2) is 12.3 Å². The Bertz CT molecular complexity index is 1460. The number of anilines is 1. The van der Waals surface area contributed by atoms with Crippen molar-refractivity contribution >= 4 is 17.4 Å². The van der Waals surface area contributed by atoms with Crippen molar-refractivity contribution in [2.75, 3.05) is 11.9 Å². The molecular weight excluding hydrogens is 450 g/mol. The van der Waals surface area contributed by atoms with E-state index in [1.165, 1.54) is 0 Å². The minimum Gasteiger partial charge on any atom is -0.466 e. The summed E-state index contributed by atoms with van der Waals surface area (Å²) >= 11 is 0. The minimum absolute atomic E-state index is 0.0297. The third-order valence-corrected chi connectivity index (χ3v) is 5.25. The van der Waals surface area contributed by atoms with Crippen LogP contribution in [0, 0.1) is 12.3 Å². The highest BCUT2D eigenvalue weighted by atomic mass is 16.5. The van der Waals surface area contributed by atoms with E-state index in [1.54, 1.807) is 30.5 Å². The number of rotatable bonds is 6. The normalized spacial score (nSPS) is 12.3. The second kappa shape index (κ2) is 8.78. The molecular formula is C24H21N7O4. The lowest BCUT2D eigenvalue weighted by Gasteiger charge is -2.20. The average molecular weight is 471 g/mol. The predicted octanol–water partition coefficient (Wildman–Crippen LogP) is 3.39. The summed E-state index contributed by atoms with van der Waals surface area (Å²) < 4.78 is 19.4. The molecule has 0 saturated carbocycles. The van der Waals surface area contributed by atoms with Crippen LogP contribution in [0.1, 0.15) is 11.1 Å². The Morgan fingerprint density at radius 3 is 2.83 bits per heavy atom. The molecule has 4 aromatic rings. The first kappa shape index (κ1) is 21.9. The molecule has 2 aromatic heterocycles. The molecule has 1 aliphatic rings. The maximum atomic E-state index is 12.0. The van der Waals surface area contributed by atoms with Crippen LogP contribution in [0.25, 0.3) is 11.4 Å². The number of amidine groups is 1. The standard InChI is InChI=1S/C24H21N7O4/c1-13-6-7-14(20(25)26)11-17(13)35-23-19-22(33-12-18(32)28-19)29-24(30-23)34-16-5-3-4-15(10-16)21-27-8-9-31(21)2/h3-11H,12H2,1-2H3,(H3,25,26)(H,28,32). The van der Waals surface area contributed by atoms with Crippen molar-refractivity contribution in [3.8, 4) is 40.7 Å². The van der Waals surface area contributed by atoms with Crippen molar-refractivity contribution in [3.05, 3.63) is 66.0 Å². The van der Waals surface area contributed by atoms with Gasteiger partial charge in [-0.25, -0.2) is 4.98 Å².